The van der Waals surface area contributed by atoms with Gasteiger partial charge in [-0.05, 0) is 53.1 Å². The summed E-state index contributed by atoms with van der Waals surface area (Å²) in [4.78, 5) is 29.6. The first kappa shape index (κ1) is 27.5. The van der Waals surface area contributed by atoms with Crippen molar-refractivity contribution in [3.63, 3.8) is 0 Å². The summed E-state index contributed by atoms with van der Waals surface area (Å²) >= 11 is 0. The van der Waals surface area contributed by atoms with Gasteiger partial charge in [-0.15, -0.1) is 0 Å². The van der Waals surface area contributed by atoms with Crippen LogP contribution in [-0.4, -0.2) is 35.0 Å². The van der Waals surface area contributed by atoms with Crippen LogP contribution in [0.5, 0.6) is 0 Å². The summed E-state index contributed by atoms with van der Waals surface area (Å²) in [6.45, 7) is 0.782. The Morgan fingerprint density at radius 1 is 0.659 bits per heavy atom. The van der Waals surface area contributed by atoms with Crippen molar-refractivity contribution in [2.75, 3.05) is 13.1 Å². The van der Waals surface area contributed by atoms with Crippen molar-refractivity contribution in [1.29, 1.82) is 0 Å². The molecule has 0 saturated carbocycles. The number of benzene rings is 4. The lowest BCUT2D eigenvalue weighted by molar-refractivity contribution is 0.0931. The maximum absolute atomic E-state index is 12.8. The van der Waals surface area contributed by atoms with Gasteiger partial charge in [-0.2, -0.15) is 4.98 Å². The van der Waals surface area contributed by atoms with Gasteiger partial charge in [-0.1, -0.05) is 108 Å². The molecule has 1 aromatic heterocycles. The Morgan fingerprint density at radius 3 is 1.83 bits per heavy atom. The molecular weight excluding hydrogens is 512 g/mol. The minimum absolute atomic E-state index is 0.0130. The topological polar surface area (TPSA) is 97.1 Å². The number of hydrogen-bond acceptors (Lipinski definition) is 5. The highest BCUT2D eigenvalue weighted by molar-refractivity contribution is 5.94. The van der Waals surface area contributed by atoms with Crippen molar-refractivity contribution in [2.45, 2.75) is 19.3 Å². The Labute approximate surface area is 239 Å². The lowest BCUT2D eigenvalue weighted by Crippen LogP contribution is -2.32. The molecule has 2 amide bonds. The van der Waals surface area contributed by atoms with Crippen LogP contribution >= 0.6 is 0 Å². The van der Waals surface area contributed by atoms with Crippen LogP contribution in [0.15, 0.2) is 120 Å². The number of hydrogen-bond donors (Lipinski definition) is 2. The summed E-state index contributed by atoms with van der Waals surface area (Å²) in [7, 11) is 0. The number of carbonyl (C=O) groups excluding carboxylic acids is 2. The molecule has 0 saturated heterocycles. The van der Waals surface area contributed by atoms with Crippen LogP contribution in [0.1, 0.15) is 38.0 Å². The Bertz CT molecular complexity index is 1490. The standard InChI is InChI=1S/C34H32N4O3/c39-33(30-18-16-29(17-19-30)28-14-8-3-9-15-28)35-21-20-31-37-32(38-41-31)34(40)36-24-27(22-25-10-4-1-5-11-25)23-26-12-6-2-7-13-26/h1-19,27H,20-24H2,(H,35,39)(H,36,40). The Morgan fingerprint density at radius 2 is 1.22 bits per heavy atom. The molecule has 206 valence electrons. The second-order valence-electron chi connectivity index (χ2n) is 9.92. The molecule has 2 N–H and O–H groups in total. The van der Waals surface area contributed by atoms with E-state index in [0.29, 0.717) is 31.0 Å². The van der Waals surface area contributed by atoms with Crippen LogP contribution in [0.4, 0.5) is 0 Å². The summed E-state index contributed by atoms with van der Waals surface area (Å²) in [5, 5.41) is 9.68. The Balaban J connectivity index is 1.10. The molecule has 0 bridgehead atoms. The molecule has 4 aromatic carbocycles. The normalized spacial score (nSPS) is 10.9. The van der Waals surface area contributed by atoms with E-state index < -0.39 is 0 Å². The number of amides is 2. The van der Waals surface area contributed by atoms with E-state index in [1.54, 1.807) is 12.1 Å². The third-order valence-corrected chi connectivity index (χ3v) is 6.84. The van der Waals surface area contributed by atoms with Gasteiger partial charge in [0, 0.05) is 25.1 Å². The van der Waals surface area contributed by atoms with Crippen molar-refractivity contribution in [1.82, 2.24) is 20.8 Å². The predicted octanol–water partition coefficient (Wildman–Crippen LogP) is 5.54. The molecule has 7 nitrogen and oxygen atoms in total. The second-order valence-corrected chi connectivity index (χ2v) is 9.92. The van der Waals surface area contributed by atoms with Crippen LogP contribution in [0.3, 0.4) is 0 Å². The van der Waals surface area contributed by atoms with E-state index in [-0.39, 0.29) is 23.6 Å². The maximum atomic E-state index is 12.8. The number of nitrogens with one attached hydrogen (secondary N) is 2. The quantitative estimate of drug-likeness (QED) is 0.215. The third-order valence-electron chi connectivity index (χ3n) is 6.84. The molecule has 7 heteroatoms. The van der Waals surface area contributed by atoms with Crippen LogP contribution < -0.4 is 10.6 Å². The lowest BCUT2D eigenvalue weighted by atomic mass is 9.92. The van der Waals surface area contributed by atoms with Crippen molar-refractivity contribution >= 4 is 11.8 Å². The summed E-state index contributed by atoms with van der Waals surface area (Å²) in [5.41, 5.74) is 5.15. The van der Waals surface area contributed by atoms with Crippen LogP contribution in [-0.2, 0) is 19.3 Å². The van der Waals surface area contributed by atoms with Gasteiger partial charge in [0.05, 0.1) is 0 Å². The number of aromatic nitrogens is 2. The van der Waals surface area contributed by atoms with E-state index in [1.165, 1.54) is 11.1 Å². The molecule has 0 aliphatic carbocycles. The van der Waals surface area contributed by atoms with E-state index in [9.17, 15) is 9.59 Å². The molecule has 0 atom stereocenters. The summed E-state index contributed by atoms with van der Waals surface area (Å²) in [6.07, 6.45) is 1.99. The molecular formula is C34H32N4O3. The zero-order chi connectivity index (χ0) is 28.3. The van der Waals surface area contributed by atoms with E-state index in [0.717, 1.165) is 24.0 Å². The van der Waals surface area contributed by atoms with E-state index in [1.807, 2.05) is 78.9 Å². The molecule has 5 rings (SSSR count). The minimum atomic E-state index is -0.381. The molecule has 0 aliphatic rings. The van der Waals surface area contributed by atoms with Gasteiger partial charge < -0.3 is 15.2 Å². The average molecular weight is 545 g/mol. The summed E-state index contributed by atoms with van der Waals surface area (Å²) in [6, 6.07) is 38.0. The van der Waals surface area contributed by atoms with Crippen molar-refractivity contribution in [3.05, 3.63) is 144 Å². The second kappa shape index (κ2) is 13.8. The van der Waals surface area contributed by atoms with Gasteiger partial charge in [0.15, 0.2) is 0 Å². The van der Waals surface area contributed by atoms with Crippen LogP contribution in [0.2, 0.25) is 0 Å². The van der Waals surface area contributed by atoms with Crippen molar-refractivity contribution < 1.29 is 14.1 Å². The fourth-order valence-electron chi connectivity index (χ4n) is 4.71. The molecule has 41 heavy (non-hydrogen) atoms. The van der Waals surface area contributed by atoms with Crippen molar-refractivity contribution in [2.24, 2.45) is 5.92 Å². The molecule has 5 aromatic rings. The Kier molecular flexibility index (Phi) is 9.30. The monoisotopic (exact) mass is 544 g/mol. The van der Waals surface area contributed by atoms with Gasteiger partial charge in [-0.3, -0.25) is 9.59 Å². The first-order chi connectivity index (χ1) is 20.1. The highest BCUT2D eigenvalue weighted by Crippen LogP contribution is 2.19. The molecule has 0 fully saturated rings. The van der Waals surface area contributed by atoms with Gasteiger partial charge in [0.1, 0.15) is 0 Å². The van der Waals surface area contributed by atoms with Gasteiger partial charge >= 0.3 is 0 Å². The number of nitrogens with zero attached hydrogens (tertiary/aromatic N) is 2. The van der Waals surface area contributed by atoms with Gasteiger partial charge in [0.2, 0.25) is 5.89 Å². The number of carbonyl (C=O) groups is 2. The largest absolute Gasteiger partial charge is 0.352 e. The van der Waals surface area contributed by atoms with Gasteiger partial charge in [0.25, 0.3) is 17.6 Å². The first-order valence-corrected chi connectivity index (χ1v) is 13.8. The van der Waals surface area contributed by atoms with Crippen LogP contribution in [0, 0.1) is 5.92 Å². The van der Waals surface area contributed by atoms with E-state index in [4.69, 9.17) is 4.52 Å². The highest BCUT2D eigenvalue weighted by Gasteiger charge is 2.18. The van der Waals surface area contributed by atoms with Crippen molar-refractivity contribution in [3.8, 4) is 11.1 Å². The fourth-order valence-corrected chi connectivity index (χ4v) is 4.71. The summed E-state index contributed by atoms with van der Waals surface area (Å²) in [5.74, 6) is -0.0910. The molecule has 0 aliphatic heterocycles. The fraction of sp³-hybridized carbons (Fsp3) is 0.176. The molecule has 0 radical (unpaired) electrons. The maximum Gasteiger partial charge on any atom is 0.292 e. The summed E-state index contributed by atoms with van der Waals surface area (Å²) < 4.78 is 5.26. The van der Waals surface area contributed by atoms with E-state index >= 15 is 0 Å². The molecule has 0 unspecified atom stereocenters. The first-order valence-electron chi connectivity index (χ1n) is 13.8. The van der Waals surface area contributed by atoms with E-state index in [2.05, 4.69) is 45.0 Å². The molecule has 0 spiro atoms. The highest BCUT2D eigenvalue weighted by atomic mass is 16.5. The average Bonchev–Trinajstić information content (AvgIpc) is 3.50. The zero-order valence-electron chi connectivity index (χ0n) is 22.7. The molecule has 1 heterocycles. The third kappa shape index (κ3) is 7.99. The smallest absolute Gasteiger partial charge is 0.292 e. The number of rotatable bonds is 12. The Hall–Kier alpha value is -5.04. The van der Waals surface area contributed by atoms with Gasteiger partial charge in [-0.25, -0.2) is 0 Å². The minimum Gasteiger partial charge on any atom is -0.352 e. The predicted molar refractivity (Wildman–Crippen MR) is 158 cm³/mol. The lowest BCUT2D eigenvalue weighted by Gasteiger charge is -2.17. The SMILES string of the molecule is O=C(NCCc1nc(C(=O)NCC(Cc2ccccc2)Cc2ccccc2)no1)c1ccc(-c2ccccc2)cc1. The van der Waals surface area contributed by atoms with Crippen LogP contribution in [0.25, 0.3) is 11.1 Å². The zero-order valence-corrected chi connectivity index (χ0v) is 22.7.